The van der Waals surface area contributed by atoms with Gasteiger partial charge in [-0.05, 0) is 68.4 Å². The van der Waals surface area contributed by atoms with Gasteiger partial charge in [0, 0.05) is 30.1 Å². The highest BCUT2D eigenvalue weighted by Crippen LogP contribution is 2.37. The molecule has 1 aromatic carbocycles. The molecule has 1 atom stereocenters. The van der Waals surface area contributed by atoms with Crippen molar-refractivity contribution in [1.82, 2.24) is 19.5 Å². The van der Waals surface area contributed by atoms with Crippen LogP contribution in [-0.4, -0.2) is 32.1 Å². The zero-order valence-corrected chi connectivity index (χ0v) is 19.2. The maximum atomic E-state index is 12.8. The Bertz CT molecular complexity index is 1160. The second kappa shape index (κ2) is 9.52. The molecule has 1 aliphatic carbocycles. The van der Waals surface area contributed by atoms with Crippen molar-refractivity contribution in [1.29, 1.82) is 0 Å². The molecule has 2 heterocycles. The fourth-order valence-electron chi connectivity index (χ4n) is 3.88. The number of carbonyl (C=O) groups excluding carboxylic acids is 1. The lowest BCUT2D eigenvalue weighted by Crippen LogP contribution is -2.31. The molecule has 3 aromatic rings. The van der Waals surface area contributed by atoms with Crippen LogP contribution >= 0.6 is 0 Å². The van der Waals surface area contributed by atoms with Crippen LogP contribution < -0.4 is 14.8 Å². The number of urea groups is 1. The van der Waals surface area contributed by atoms with E-state index < -0.39 is 17.0 Å². The molecule has 1 aliphatic rings. The van der Waals surface area contributed by atoms with E-state index in [1.165, 1.54) is 5.56 Å². The number of ether oxygens (including phenoxy) is 1. The molecule has 0 saturated carbocycles. The average molecular weight is 454 g/mol. The molecule has 4 rings (SSSR count). The summed E-state index contributed by atoms with van der Waals surface area (Å²) >= 11 is 0. The first kappa shape index (κ1) is 22.0. The molecule has 0 aliphatic heterocycles. The van der Waals surface area contributed by atoms with Crippen LogP contribution in [0.4, 0.5) is 10.5 Å². The van der Waals surface area contributed by atoms with E-state index in [1.54, 1.807) is 30.3 Å². The summed E-state index contributed by atoms with van der Waals surface area (Å²) in [6, 6.07) is 9.10. The number of fused-ring (bicyclic) bond motifs is 1. The van der Waals surface area contributed by atoms with E-state index in [2.05, 4.69) is 26.2 Å². The van der Waals surface area contributed by atoms with Crippen LogP contribution in [0.25, 0.3) is 11.1 Å². The van der Waals surface area contributed by atoms with Crippen LogP contribution in [0.5, 0.6) is 5.88 Å². The van der Waals surface area contributed by atoms with Gasteiger partial charge in [-0.2, -0.15) is 5.10 Å². The molecule has 9 heteroatoms. The molecule has 8 nitrogen and oxygen atoms in total. The first-order valence-corrected chi connectivity index (χ1v) is 11.8. The van der Waals surface area contributed by atoms with Crippen molar-refractivity contribution in [2.75, 3.05) is 12.4 Å². The van der Waals surface area contributed by atoms with E-state index in [4.69, 9.17) is 4.74 Å². The summed E-state index contributed by atoms with van der Waals surface area (Å²) in [5.74, 6) is 0.498. The molecule has 0 bridgehead atoms. The van der Waals surface area contributed by atoms with Gasteiger partial charge >= 0.3 is 6.03 Å². The zero-order chi connectivity index (χ0) is 22.7. The predicted octanol–water partition coefficient (Wildman–Crippen LogP) is 4.26. The van der Waals surface area contributed by atoms with Crippen LogP contribution in [0.15, 0.2) is 47.8 Å². The summed E-state index contributed by atoms with van der Waals surface area (Å²) in [5.41, 5.74) is 4.84. The number of nitrogens with zero attached hydrogens (tertiary/aromatic N) is 3. The third-order valence-electron chi connectivity index (χ3n) is 5.51. The standard InChI is InChI=1S/C23H27N5O3S/c1-15(2)28-13-11-21(26-28)32(30)27-23(29)25-22-18-7-5-4-6-16(18)8-9-19(22)17-10-12-24-20(14-17)31-3/h8-15H,4-7H2,1-3H3,(H2,25,27,29). The van der Waals surface area contributed by atoms with Crippen LogP contribution in [0.3, 0.4) is 0 Å². The number of methoxy groups -OCH3 is 1. The molecule has 2 N–H and O–H groups in total. The lowest BCUT2D eigenvalue weighted by molar-refractivity contribution is 0.257. The van der Waals surface area contributed by atoms with Gasteiger partial charge < -0.3 is 10.1 Å². The highest BCUT2D eigenvalue weighted by Gasteiger charge is 2.21. The van der Waals surface area contributed by atoms with Crippen LogP contribution in [-0.2, 0) is 23.8 Å². The minimum absolute atomic E-state index is 0.144. The van der Waals surface area contributed by atoms with Crippen LogP contribution in [0.2, 0.25) is 0 Å². The van der Waals surface area contributed by atoms with Crippen LogP contribution in [0, 0.1) is 0 Å². The minimum atomic E-state index is -1.76. The van der Waals surface area contributed by atoms with E-state index in [1.807, 2.05) is 32.0 Å². The number of hydrogen-bond donors (Lipinski definition) is 2. The Hall–Kier alpha value is -3.20. The second-order valence-electron chi connectivity index (χ2n) is 7.97. The lowest BCUT2D eigenvalue weighted by atomic mass is 9.87. The molecule has 2 amide bonds. The van der Waals surface area contributed by atoms with Crippen molar-refractivity contribution in [3.8, 4) is 17.0 Å². The molecule has 2 aromatic heterocycles. The van der Waals surface area contributed by atoms with Crippen molar-refractivity contribution in [2.24, 2.45) is 0 Å². The molecule has 0 spiro atoms. The Balaban J connectivity index is 1.62. The van der Waals surface area contributed by atoms with Crippen molar-refractivity contribution in [3.05, 3.63) is 53.9 Å². The zero-order valence-electron chi connectivity index (χ0n) is 18.4. The second-order valence-corrected chi connectivity index (χ2v) is 9.13. The number of amides is 2. The third-order valence-corrected chi connectivity index (χ3v) is 6.48. The molecule has 0 radical (unpaired) electrons. The van der Waals surface area contributed by atoms with Gasteiger partial charge in [0.2, 0.25) is 5.88 Å². The summed E-state index contributed by atoms with van der Waals surface area (Å²) in [5, 5.41) is 7.55. The summed E-state index contributed by atoms with van der Waals surface area (Å²) in [4.78, 5) is 17.0. The minimum Gasteiger partial charge on any atom is -0.481 e. The molecular formula is C23H27N5O3S. The van der Waals surface area contributed by atoms with E-state index in [0.717, 1.165) is 48.1 Å². The fourth-order valence-corrected chi connectivity index (χ4v) is 4.56. The SMILES string of the molecule is COc1cc(-c2ccc3c(c2NC(=O)NS(=O)c2ccn(C(C)C)n2)CCCC3)ccn1. The topological polar surface area (TPSA) is 98.1 Å². The Morgan fingerprint density at radius 3 is 2.75 bits per heavy atom. The van der Waals surface area contributed by atoms with Crippen molar-refractivity contribution >= 4 is 22.7 Å². The highest BCUT2D eigenvalue weighted by atomic mass is 32.2. The van der Waals surface area contributed by atoms with Crippen LogP contribution in [0.1, 0.15) is 43.9 Å². The Kier molecular flexibility index (Phi) is 6.55. The predicted molar refractivity (Wildman–Crippen MR) is 124 cm³/mol. The molecule has 168 valence electrons. The lowest BCUT2D eigenvalue weighted by Gasteiger charge is -2.23. The summed E-state index contributed by atoms with van der Waals surface area (Å²) < 4.78 is 22.1. The quantitative estimate of drug-likeness (QED) is 0.581. The van der Waals surface area contributed by atoms with Gasteiger partial charge in [0.1, 0.15) is 0 Å². The fraction of sp³-hybridized carbons (Fsp3) is 0.348. The number of carbonyl (C=O) groups is 1. The van der Waals surface area contributed by atoms with Gasteiger partial charge in [-0.15, -0.1) is 0 Å². The van der Waals surface area contributed by atoms with E-state index >= 15 is 0 Å². The number of anilines is 1. The molecule has 0 fully saturated rings. The van der Waals surface area contributed by atoms with E-state index in [-0.39, 0.29) is 6.04 Å². The summed E-state index contributed by atoms with van der Waals surface area (Å²) in [7, 11) is -0.194. The number of nitrogens with one attached hydrogen (secondary N) is 2. The summed E-state index contributed by atoms with van der Waals surface area (Å²) in [6.07, 6.45) is 7.47. The number of aromatic nitrogens is 3. The Morgan fingerprint density at radius 1 is 1.19 bits per heavy atom. The van der Waals surface area contributed by atoms with Gasteiger partial charge in [-0.3, -0.25) is 9.40 Å². The first-order chi connectivity index (χ1) is 15.5. The van der Waals surface area contributed by atoms with Crippen molar-refractivity contribution in [2.45, 2.75) is 50.6 Å². The smallest absolute Gasteiger partial charge is 0.331 e. The van der Waals surface area contributed by atoms with Gasteiger partial charge in [-0.25, -0.2) is 14.0 Å². The number of pyridine rings is 1. The maximum Gasteiger partial charge on any atom is 0.331 e. The normalized spacial score (nSPS) is 14.0. The van der Waals surface area contributed by atoms with E-state index in [9.17, 15) is 9.00 Å². The van der Waals surface area contributed by atoms with Crippen molar-refractivity contribution < 1.29 is 13.7 Å². The Morgan fingerprint density at radius 2 is 2.00 bits per heavy atom. The monoisotopic (exact) mass is 453 g/mol. The van der Waals surface area contributed by atoms with E-state index in [0.29, 0.717) is 10.9 Å². The molecular weight excluding hydrogens is 426 g/mol. The Labute approximate surface area is 190 Å². The maximum absolute atomic E-state index is 12.8. The number of aryl methyl sites for hydroxylation is 1. The third kappa shape index (κ3) is 4.67. The molecule has 1 unspecified atom stereocenters. The highest BCUT2D eigenvalue weighted by molar-refractivity contribution is 7.83. The van der Waals surface area contributed by atoms with Gasteiger partial charge in [0.15, 0.2) is 16.0 Å². The van der Waals surface area contributed by atoms with Gasteiger partial charge in [0.05, 0.1) is 12.8 Å². The first-order valence-electron chi connectivity index (χ1n) is 10.7. The number of benzene rings is 1. The van der Waals surface area contributed by atoms with Gasteiger partial charge in [0.25, 0.3) is 0 Å². The average Bonchev–Trinajstić information content (AvgIpc) is 3.30. The summed E-state index contributed by atoms with van der Waals surface area (Å²) in [6.45, 7) is 3.96. The number of rotatable bonds is 6. The molecule has 32 heavy (non-hydrogen) atoms. The molecule has 0 saturated heterocycles. The largest absolute Gasteiger partial charge is 0.481 e. The van der Waals surface area contributed by atoms with Crippen molar-refractivity contribution in [3.63, 3.8) is 0 Å². The number of hydrogen-bond acceptors (Lipinski definition) is 5. The van der Waals surface area contributed by atoms with Gasteiger partial charge in [-0.1, -0.05) is 12.1 Å².